The first-order valence-corrected chi connectivity index (χ1v) is 13.7. The molecule has 1 amide bonds. The molecular formula is C33H40N2O6. The Balaban J connectivity index is 1.67. The van der Waals surface area contributed by atoms with Crippen LogP contribution in [0.25, 0.3) is 0 Å². The summed E-state index contributed by atoms with van der Waals surface area (Å²) in [5.74, 6) is -0.756. The number of nitrogens with one attached hydrogen (secondary N) is 2. The molecule has 2 N–H and O–H groups in total. The molecule has 0 aliphatic carbocycles. The summed E-state index contributed by atoms with van der Waals surface area (Å²) in [6.45, 7) is 7.65. The lowest BCUT2D eigenvalue weighted by Crippen LogP contribution is -2.54. The van der Waals surface area contributed by atoms with Crippen molar-refractivity contribution in [2.75, 3.05) is 7.11 Å². The van der Waals surface area contributed by atoms with E-state index >= 15 is 0 Å². The van der Waals surface area contributed by atoms with Crippen molar-refractivity contribution in [1.82, 2.24) is 10.6 Å². The summed E-state index contributed by atoms with van der Waals surface area (Å²) in [6.07, 6.45) is 0.559. The fourth-order valence-electron chi connectivity index (χ4n) is 4.18. The van der Waals surface area contributed by atoms with Gasteiger partial charge in [0.05, 0.1) is 13.2 Å². The molecule has 0 radical (unpaired) electrons. The minimum absolute atomic E-state index is 0.0959. The fraction of sp³-hybridized carbons (Fsp3) is 0.364. The van der Waals surface area contributed by atoms with Crippen LogP contribution in [0.4, 0.5) is 0 Å². The van der Waals surface area contributed by atoms with Gasteiger partial charge in [-0.25, -0.2) is 4.79 Å². The summed E-state index contributed by atoms with van der Waals surface area (Å²) < 4.78 is 16.4. The number of rotatable bonds is 13. The van der Waals surface area contributed by atoms with Gasteiger partial charge in [-0.1, -0.05) is 72.8 Å². The van der Waals surface area contributed by atoms with Crippen LogP contribution >= 0.6 is 0 Å². The number of carbonyl (C=O) groups excluding carboxylic acids is 3. The molecule has 0 saturated carbocycles. The smallest absolute Gasteiger partial charge is 0.329 e. The highest BCUT2D eigenvalue weighted by atomic mass is 16.5. The van der Waals surface area contributed by atoms with Gasteiger partial charge in [-0.2, -0.15) is 0 Å². The van der Waals surface area contributed by atoms with Gasteiger partial charge in [0, 0.05) is 6.42 Å². The minimum Gasteiger partial charge on any atom is -0.488 e. The van der Waals surface area contributed by atoms with Gasteiger partial charge in [0.15, 0.2) is 0 Å². The molecule has 218 valence electrons. The Morgan fingerprint density at radius 2 is 1.27 bits per heavy atom. The Labute approximate surface area is 242 Å². The van der Waals surface area contributed by atoms with Gasteiger partial charge in [0.2, 0.25) is 5.91 Å². The van der Waals surface area contributed by atoms with Crippen molar-refractivity contribution in [3.63, 3.8) is 0 Å². The molecular weight excluding hydrogens is 520 g/mol. The van der Waals surface area contributed by atoms with Crippen LogP contribution in [0.1, 0.15) is 44.4 Å². The largest absolute Gasteiger partial charge is 0.488 e. The maximum atomic E-state index is 13.2. The molecule has 0 fully saturated rings. The molecule has 0 aliphatic heterocycles. The summed E-state index contributed by atoms with van der Waals surface area (Å²) in [5.41, 5.74) is 2.27. The minimum atomic E-state index is -0.912. The number of hydrogen-bond acceptors (Lipinski definition) is 7. The van der Waals surface area contributed by atoms with E-state index in [1.807, 2.05) is 106 Å². The van der Waals surface area contributed by atoms with E-state index in [9.17, 15) is 14.4 Å². The van der Waals surface area contributed by atoms with E-state index in [0.29, 0.717) is 6.42 Å². The third-order valence-electron chi connectivity index (χ3n) is 6.22. The molecule has 3 rings (SSSR count). The molecule has 0 aromatic heterocycles. The summed E-state index contributed by atoms with van der Waals surface area (Å²) in [7, 11) is 1.31. The van der Waals surface area contributed by atoms with Crippen molar-refractivity contribution >= 4 is 17.8 Å². The van der Waals surface area contributed by atoms with Crippen molar-refractivity contribution in [2.24, 2.45) is 0 Å². The van der Waals surface area contributed by atoms with E-state index in [1.165, 1.54) is 7.11 Å². The van der Waals surface area contributed by atoms with Crippen molar-refractivity contribution in [3.05, 3.63) is 102 Å². The van der Waals surface area contributed by atoms with Crippen molar-refractivity contribution in [3.8, 4) is 5.75 Å². The summed E-state index contributed by atoms with van der Waals surface area (Å²) in [4.78, 5) is 38.9. The highest BCUT2D eigenvalue weighted by molar-refractivity contribution is 5.88. The fourth-order valence-corrected chi connectivity index (χ4v) is 4.18. The molecule has 0 bridgehead atoms. The van der Waals surface area contributed by atoms with Crippen LogP contribution in [0.5, 0.6) is 5.75 Å². The molecule has 3 aromatic carbocycles. The van der Waals surface area contributed by atoms with Crippen LogP contribution < -0.4 is 15.4 Å². The van der Waals surface area contributed by atoms with Gasteiger partial charge in [-0.3, -0.25) is 14.9 Å². The predicted molar refractivity (Wildman–Crippen MR) is 157 cm³/mol. The monoisotopic (exact) mass is 560 g/mol. The topological polar surface area (TPSA) is 103 Å². The van der Waals surface area contributed by atoms with Crippen LogP contribution in [0.2, 0.25) is 0 Å². The lowest BCUT2D eigenvalue weighted by atomic mass is 10.0. The van der Waals surface area contributed by atoms with Crippen molar-refractivity contribution in [1.29, 1.82) is 0 Å². The summed E-state index contributed by atoms with van der Waals surface area (Å²) in [6, 6.07) is 23.7. The van der Waals surface area contributed by atoms with Gasteiger partial charge in [-0.05, 0) is 62.9 Å². The third kappa shape index (κ3) is 10.7. The molecule has 0 aliphatic rings. The number of carbonyl (C=O) groups is 3. The van der Waals surface area contributed by atoms with Gasteiger partial charge < -0.3 is 19.5 Å². The number of amides is 1. The Morgan fingerprint density at radius 1 is 0.732 bits per heavy atom. The first kappa shape index (κ1) is 31.4. The van der Waals surface area contributed by atoms with E-state index < -0.39 is 36.0 Å². The normalized spacial score (nSPS) is 13.4. The Hall–Kier alpha value is -4.17. The SMILES string of the molecule is COC(=O)[C@H](Cc1ccc(OC(C)(C)C)cc1)N[C@H](C)C(=O)N[C@@H](Cc1ccccc1)C(=O)OCc1ccccc1. The standard InChI is InChI=1S/C33H40N2O6/c1-23(34-28(31(37)39-5)21-25-16-18-27(19-17-25)41-33(2,3)4)30(36)35-29(20-24-12-8-6-9-13-24)32(38)40-22-26-14-10-7-11-15-26/h6-19,23,28-29,34H,20-22H2,1-5H3,(H,35,36)/t23-,28+,29+/m1/s1. The van der Waals surface area contributed by atoms with Gasteiger partial charge in [-0.15, -0.1) is 0 Å². The van der Waals surface area contributed by atoms with E-state index in [1.54, 1.807) is 6.92 Å². The Morgan fingerprint density at radius 3 is 1.83 bits per heavy atom. The molecule has 41 heavy (non-hydrogen) atoms. The first-order chi connectivity index (χ1) is 19.5. The van der Waals surface area contributed by atoms with Gasteiger partial charge in [0.1, 0.15) is 30.0 Å². The Kier molecular flexibility index (Phi) is 11.5. The molecule has 3 atom stereocenters. The summed E-state index contributed by atoms with van der Waals surface area (Å²) >= 11 is 0. The number of benzene rings is 3. The highest BCUT2D eigenvalue weighted by Crippen LogP contribution is 2.19. The van der Waals surface area contributed by atoms with Crippen LogP contribution in [-0.2, 0) is 43.3 Å². The maximum Gasteiger partial charge on any atom is 0.329 e. The first-order valence-electron chi connectivity index (χ1n) is 13.7. The van der Waals surface area contributed by atoms with E-state index in [2.05, 4.69) is 10.6 Å². The Bertz CT molecular complexity index is 1260. The average Bonchev–Trinajstić information content (AvgIpc) is 2.96. The number of methoxy groups -OCH3 is 1. The second kappa shape index (κ2) is 15.0. The van der Waals surface area contributed by atoms with Gasteiger partial charge >= 0.3 is 11.9 Å². The van der Waals surface area contributed by atoms with E-state index in [0.717, 1.165) is 22.4 Å². The molecule has 0 heterocycles. The number of ether oxygens (including phenoxy) is 3. The molecule has 0 saturated heterocycles. The number of hydrogen-bond donors (Lipinski definition) is 2. The van der Waals surface area contributed by atoms with Gasteiger partial charge in [0.25, 0.3) is 0 Å². The van der Waals surface area contributed by atoms with Crippen molar-refractivity contribution in [2.45, 2.75) is 70.9 Å². The van der Waals surface area contributed by atoms with E-state index in [4.69, 9.17) is 14.2 Å². The molecule has 8 heteroatoms. The summed E-state index contributed by atoms with van der Waals surface area (Å²) in [5, 5.41) is 5.88. The maximum absolute atomic E-state index is 13.2. The van der Waals surface area contributed by atoms with Crippen LogP contribution in [-0.4, -0.2) is 48.7 Å². The van der Waals surface area contributed by atoms with Crippen LogP contribution in [0.15, 0.2) is 84.9 Å². The highest BCUT2D eigenvalue weighted by Gasteiger charge is 2.29. The lowest BCUT2D eigenvalue weighted by molar-refractivity contribution is -0.149. The zero-order valence-electron chi connectivity index (χ0n) is 24.4. The van der Waals surface area contributed by atoms with Crippen LogP contribution in [0.3, 0.4) is 0 Å². The molecule has 0 spiro atoms. The molecule has 8 nitrogen and oxygen atoms in total. The second-order valence-corrected chi connectivity index (χ2v) is 10.9. The zero-order chi connectivity index (χ0) is 29.8. The zero-order valence-corrected chi connectivity index (χ0v) is 24.4. The molecule has 0 unspecified atom stereocenters. The number of esters is 2. The average molecular weight is 561 g/mol. The second-order valence-electron chi connectivity index (χ2n) is 10.9. The van der Waals surface area contributed by atoms with Crippen molar-refractivity contribution < 1.29 is 28.6 Å². The van der Waals surface area contributed by atoms with Crippen LogP contribution in [0, 0.1) is 0 Å². The van der Waals surface area contributed by atoms with E-state index in [-0.39, 0.29) is 18.6 Å². The molecule has 3 aromatic rings. The quantitative estimate of drug-likeness (QED) is 0.299. The lowest BCUT2D eigenvalue weighted by Gasteiger charge is -2.24. The predicted octanol–water partition coefficient (Wildman–Crippen LogP) is 4.40. The third-order valence-corrected chi connectivity index (χ3v) is 6.22.